The highest BCUT2D eigenvalue weighted by molar-refractivity contribution is 5.37. The minimum atomic E-state index is 0.479. The van der Waals surface area contributed by atoms with Crippen LogP contribution in [0.25, 0.3) is 0 Å². The molecule has 15 heavy (non-hydrogen) atoms. The normalized spacial score (nSPS) is 21.0. The Balaban J connectivity index is 2.28. The van der Waals surface area contributed by atoms with Gasteiger partial charge in [0.15, 0.2) is 0 Å². The number of benzene rings is 1. The zero-order valence-electron chi connectivity index (χ0n) is 8.87. The third-order valence-electron chi connectivity index (χ3n) is 3.15. The van der Waals surface area contributed by atoms with Gasteiger partial charge in [-0.25, -0.2) is 0 Å². The molecule has 1 heteroatoms. The first kappa shape index (κ1) is 9.98. The molecule has 0 N–H and O–H groups in total. The van der Waals surface area contributed by atoms with Crippen molar-refractivity contribution in [2.75, 3.05) is 0 Å². The van der Waals surface area contributed by atoms with E-state index in [1.807, 2.05) is 18.2 Å². The van der Waals surface area contributed by atoms with Crippen LogP contribution in [0.2, 0.25) is 0 Å². The first-order chi connectivity index (χ1) is 7.31. The molecule has 0 aliphatic heterocycles. The molecule has 1 aromatic rings. The van der Waals surface area contributed by atoms with E-state index in [-0.39, 0.29) is 0 Å². The van der Waals surface area contributed by atoms with E-state index in [4.69, 9.17) is 5.26 Å². The van der Waals surface area contributed by atoms with Gasteiger partial charge in [0, 0.05) is 5.92 Å². The van der Waals surface area contributed by atoms with Gasteiger partial charge in [0.05, 0.1) is 11.6 Å². The average Bonchev–Trinajstić information content (AvgIpc) is 2.30. The molecule has 0 aromatic heterocycles. The van der Waals surface area contributed by atoms with E-state index in [1.54, 1.807) is 0 Å². The Morgan fingerprint density at radius 2 is 2.20 bits per heavy atom. The van der Waals surface area contributed by atoms with Crippen molar-refractivity contribution in [2.45, 2.75) is 31.6 Å². The second-order valence-electron chi connectivity index (χ2n) is 4.19. The lowest BCUT2D eigenvalue weighted by molar-refractivity contribution is 0.542. The predicted octanol–water partition coefficient (Wildman–Crippen LogP) is 3.77. The fourth-order valence-corrected chi connectivity index (χ4v) is 2.31. The Bertz CT molecular complexity index is 412. The van der Waals surface area contributed by atoms with Crippen molar-refractivity contribution in [1.82, 2.24) is 0 Å². The van der Waals surface area contributed by atoms with Crippen molar-refractivity contribution in [3.05, 3.63) is 47.5 Å². The Morgan fingerprint density at radius 1 is 1.33 bits per heavy atom. The third-order valence-corrected chi connectivity index (χ3v) is 3.15. The number of hydrogen-bond acceptors (Lipinski definition) is 1. The zero-order chi connectivity index (χ0) is 10.7. The van der Waals surface area contributed by atoms with Crippen LogP contribution in [0, 0.1) is 11.3 Å². The van der Waals surface area contributed by atoms with Crippen LogP contribution in [0.3, 0.4) is 0 Å². The van der Waals surface area contributed by atoms with Crippen LogP contribution in [0.15, 0.2) is 36.4 Å². The second-order valence-corrected chi connectivity index (χ2v) is 4.19. The Labute approximate surface area is 91.0 Å². The molecule has 1 nitrogen and oxygen atoms in total. The summed E-state index contributed by atoms with van der Waals surface area (Å²) in [5, 5.41) is 8.85. The fraction of sp³-hybridized carbons (Fsp3) is 0.357. The van der Waals surface area contributed by atoms with Gasteiger partial charge in [0.2, 0.25) is 0 Å². The van der Waals surface area contributed by atoms with Gasteiger partial charge in [0.1, 0.15) is 0 Å². The topological polar surface area (TPSA) is 23.8 Å². The molecule has 2 rings (SSSR count). The van der Waals surface area contributed by atoms with Crippen LogP contribution in [-0.2, 0) is 0 Å². The summed E-state index contributed by atoms with van der Waals surface area (Å²) >= 11 is 0. The lowest BCUT2D eigenvalue weighted by Crippen LogP contribution is -2.07. The number of allylic oxidation sites excluding steroid dienone is 1. The van der Waals surface area contributed by atoms with Gasteiger partial charge in [-0.1, -0.05) is 30.7 Å². The Morgan fingerprint density at radius 3 is 2.93 bits per heavy atom. The summed E-state index contributed by atoms with van der Waals surface area (Å²) in [6.45, 7) is 4.14. The maximum absolute atomic E-state index is 8.85. The summed E-state index contributed by atoms with van der Waals surface area (Å²) in [4.78, 5) is 0. The van der Waals surface area contributed by atoms with Crippen molar-refractivity contribution < 1.29 is 0 Å². The molecule has 1 saturated carbocycles. The van der Waals surface area contributed by atoms with E-state index in [0.29, 0.717) is 5.92 Å². The summed E-state index contributed by atoms with van der Waals surface area (Å²) in [7, 11) is 0. The fourth-order valence-electron chi connectivity index (χ4n) is 2.31. The molecule has 0 bridgehead atoms. The van der Waals surface area contributed by atoms with Crippen LogP contribution in [0.1, 0.15) is 42.7 Å². The molecular weight excluding hydrogens is 182 g/mol. The Kier molecular flexibility index (Phi) is 2.87. The van der Waals surface area contributed by atoms with Gasteiger partial charge >= 0.3 is 0 Å². The van der Waals surface area contributed by atoms with Crippen molar-refractivity contribution >= 4 is 0 Å². The molecule has 1 fully saturated rings. The summed E-state index contributed by atoms with van der Waals surface area (Å²) in [6.07, 6.45) is 4.88. The van der Waals surface area contributed by atoms with Crippen LogP contribution in [-0.4, -0.2) is 0 Å². The van der Waals surface area contributed by atoms with Gasteiger partial charge in [0.25, 0.3) is 0 Å². The molecule has 0 spiro atoms. The maximum atomic E-state index is 8.85. The number of rotatable bonds is 1. The molecule has 0 heterocycles. The molecular formula is C14H15N. The van der Waals surface area contributed by atoms with Gasteiger partial charge in [-0.05, 0) is 37.0 Å². The molecule has 0 radical (unpaired) electrons. The largest absolute Gasteiger partial charge is 0.192 e. The van der Waals surface area contributed by atoms with Gasteiger partial charge in [-0.3, -0.25) is 0 Å². The number of nitrogens with zero attached hydrogens (tertiary/aromatic N) is 1. The summed E-state index contributed by atoms with van der Waals surface area (Å²) in [5.74, 6) is 0.479. The molecule has 1 atom stereocenters. The zero-order valence-corrected chi connectivity index (χ0v) is 8.87. The van der Waals surface area contributed by atoms with E-state index < -0.39 is 0 Å². The van der Waals surface area contributed by atoms with Crippen molar-refractivity contribution in [1.29, 1.82) is 5.26 Å². The molecule has 1 aliphatic carbocycles. The van der Waals surface area contributed by atoms with Crippen LogP contribution >= 0.6 is 0 Å². The van der Waals surface area contributed by atoms with Gasteiger partial charge < -0.3 is 0 Å². The standard InChI is InChI=1S/C14H15N/c1-11-5-2-3-8-14(11)13-7-4-6-12(9-13)10-15/h4,6-7,9,14H,1-3,5,8H2. The molecule has 1 aliphatic rings. The van der Waals surface area contributed by atoms with Crippen LogP contribution in [0.5, 0.6) is 0 Å². The van der Waals surface area contributed by atoms with Gasteiger partial charge in [-0.15, -0.1) is 0 Å². The monoisotopic (exact) mass is 197 g/mol. The first-order valence-electron chi connectivity index (χ1n) is 5.49. The highest BCUT2D eigenvalue weighted by atomic mass is 14.3. The van der Waals surface area contributed by atoms with E-state index in [0.717, 1.165) is 12.0 Å². The molecule has 1 unspecified atom stereocenters. The highest BCUT2D eigenvalue weighted by Crippen LogP contribution is 2.36. The SMILES string of the molecule is C=C1CCCCC1c1cccc(C#N)c1. The summed E-state index contributed by atoms with van der Waals surface area (Å²) in [6, 6.07) is 10.1. The van der Waals surface area contributed by atoms with Crippen molar-refractivity contribution in [3.8, 4) is 6.07 Å². The maximum Gasteiger partial charge on any atom is 0.0991 e. The first-order valence-corrected chi connectivity index (χ1v) is 5.49. The third kappa shape index (κ3) is 2.10. The number of hydrogen-bond donors (Lipinski definition) is 0. The average molecular weight is 197 g/mol. The van der Waals surface area contributed by atoms with Crippen LogP contribution < -0.4 is 0 Å². The highest BCUT2D eigenvalue weighted by Gasteiger charge is 2.18. The summed E-state index contributed by atoms with van der Waals surface area (Å²) < 4.78 is 0. The predicted molar refractivity (Wildman–Crippen MR) is 61.5 cm³/mol. The molecule has 76 valence electrons. The van der Waals surface area contributed by atoms with Gasteiger partial charge in [-0.2, -0.15) is 5.26 Å². The lowest BCUT2D eigenvalue weighted by atomic mass is 9.80. The summed E-state index contributed by atoms with van der Waals surface area (Å²) in [5.41, 5.74) is 3.35. The molecule has 0 amide bonds. The smallest absolute Gasteiger partial charge is 0.0991 e. The lowest BCUT2D eigenvalue weighted by Gasteiger charge is -2.24. The van der Waals surface area contributed by atoms with E-state index in [9.17, 15) is 0 Å². The van der Waals surface area contributed by atoms with E-state index in [2.05, 4.69) is 18.7 Å². The second kappa shape index (κ2) is 4.31. The van der Waals surface area contributed by atoms with Crippen molar-refractivity contribution in [3.63, 3.8) is 0 Å². The molecule has 1 aromatic carbocycles. The van der Waals surface area contributed by atoms with Crippen molar-refractivity contribution in [2.24, 2.45) is 0 Å². The minimum absolute atomic E-state index is 0.479. The molecule has 0 saturated heterocycles. The quantitative estimate of drug-likeness (QED) is 0.629. The minimum Gasteiger partial charge on any atom is -0.192 e. The van der Waals surface area contributed by atoms with Crippen LogP contribution in [0.4, 0.5) is 0 Å². The Hall–Kier alpha value is -1.55. The number of nitriles is 1. The van der Waals surface area contributed by atoms with E-state index in [1.165, 1.54) is 30.4 Å². The van der Waals surface area contributed by atoms with E-state index >= 15 is 0 Å².